The number of hydrogen-bond donors (Lipinski definition) is 2. The smallest absolute Gasteiger partial charge is 0.418 e. The van der Waals surface area contributed by atoms with Crippen LogP contribution in [0.5, 0.6) is 0 Å². The van der Waals surface area contributed by atoms with E-state index in [9.17, 15) is 18.0 Å². The van der Waals surface area contributed by atoms with Crippen molar-refractivity contribution in [2.75, 3.05) is 5.73 Å². The molecular weight excluding hydrogens is 263 g/mol. The van der Waals surface area contributed by atoms with Crippen molar-refractivity contribution in [1.29, 1.82) is 0 Å². The van der Waals surface area contributed by atoms with E-state index in [0.29, 0.717) is 0 Å². The highest BCUT2D eigenvalue weighted by Crippen LogP contribution is 2.34. The van der Waals surface area contributed by atoms with E-state index in [2.05, 4.69) is 5.10 Å². The predicted molar refractivity (Wildman–Crippen MR) is 59.9 cm³/mol. The lowest BCUT2D eigenvalue weighted by molar-refractivity contribution is -0.137. The Labute approximate surface area is 105 Å². The number of rotatable bonds is 2. The Kier molecular flexibility index (Phi) is 2.93. The molecule has 0 aliphatic carbocycles. The number of carbonyl (C=O) groups is 1. The van der Waals surface area contributed by atoms with Gasteiger partial charge in [-0.25, -0.2) is 9.48 Å². The maximum atomic E-state index is 12.8. The second-order valence-electron chi connectivity index (χ2n) is 3.69. The van der Waals surface area contributed by atoms with E-state index in [0.717, 1.165) is 22.9 Å². The Morgan fingerprint density at radius 2 is 1.95 bits per heavy atom. The molecule has 5 nitrogen and oxygen atoms in total. The average molecular weight is 271 g/mol. The van der Waals surface area contributed by atoms with Gasteiger partial charge in [-0.1, -0.05) is 12.1 Å². The molecule has 0 radical (unpaired) electrons. The molecule has 19 heavy (non-hydrogen) atoms. The van der Waals surface area contributed by atoms with E-state index in [-0.39, 0.29) is 11.5 Å². The minimum Gasteiger partial charge on any atom is -0.476 e. The van der Waals surface area contributed by atoms with Crippen LogP contribution >= 0.6 is 0 Å². The van der Waals surface area contributed by atoms with Crippen molar-refractivity contribution < 1.29 is 23.1 Å². The van der Waals surface area contributed by atoms with Gasteiger partial charge in [0.15, 0.2) is 5.69 Å². The number of nitrogens with two attached hydrogens (primary N) is 1. The van der Waals surface area contributed by atoms with Crippen molar-refractivity contribution in [1.82, 2.24) is 9.78 Å². The van der Waals surface area contributed by atoms with Crippen LogP contribution in [-0.2, 0) is 6.18 Å². The highest BCUT2D eigenvalue weighted by atomic mass is 19.4. The summed E-state index contributed by atoms with van der Waals surface area (Å²) < 4.78 is 39.3. The first kappa shape index (κ1) is 12.9. The first-order valence-electron chi connectivity index (χ1n) is 5.06. The predicted octanol–water partition coefficient (Wildman–Crippen LogP) is 2.17. The number of carboxylic acid groups (broad SMARTS) is 1. The summed E-state index contributed by atoms with van der Waals surface area (Å²) in [5, 5.41) is 12.3. The maximum absolute atomic E-state index is 12.8. The summed E-state index contributed by atoms with van der Waals surface area (Å²) in [6, 6.07) is 5.64. The van der Waals surface area contributed by atoms with Crippen molar-refractivity contribution in [3.8, 4) is 5.69 Å². The van der Waals surface area contributed by atoms with Gasteiger partial charge < -0.3 is 10.8 Å². The summed E-state index contributed by atoms with van der Waals surface area (Å²) in [6.07, 6.45) is -4.58. The van der Waals surface area contributed by atoms with Gasteiger partial charge in [-0.15, -0.1) is 0 Å². The van der Waals surface area contributed by atoms with Crippen molar-refractivity contribution in [2.45, 2.75) is 6.18 Å². The minimum atomic E-state index is -4.58. The molecule has 0 spiro atoms. The molecule has 100 valence electrons. The van der Waals surface area contributed by atoms with Gasteiger partial charge in [-0.3, -0.25) is 0 Å². The number of anilines is 1. The number of aromatic carboxylic acids is 1. The summed E-state index contributed by atoms with van der Waals surface area (Å²) in [5.41, 5.74) is 3.81. The fraction of sp³-hybridized carbons (Fsp3) is 0.0909. The van der Waals surface area contributed by atoms with Crippen LogP contribution in [0.15, 0.2) is 30.3 Å². The quantitative estimate of drug-likeness (QED) is 0.877. The molecule has 0 fully saturated rings. The van der Waals surface area contributed by atoms with E-state index >= 15 is 0 Å². The Morgan fingerprint density at radius 1 is 1.32 bits per heavy atom. The first-order chi connectivity index (χ1) is 8.80. The number of benzene rings is 1. The number of nitrogens with zero attached hydrogens (tertiary/aromatic N) is 2. The van der Waals surface area contributed by atoms with Gasteiger partial charge in [-0.05, 0) is 12.1 Å². The molecule has 1 aromatic carbocycles. The molecule has 2 rings (SSSR count). The Morgan fingerprint density at radius 3 is 2.47 bits per heavy atom. The van der Waals surface area contributed by atoms with E-state index in [1.54, 1.807) is 0 Å². The molecule has 0 aliphatic heterocycles. The fourth-order valence-electron chi connectivity index (χ4n) is 1.59. The van der Waals surface area contributed by atoms with Crippen LogP contribution in [-0.4, -0.2) is 20.9 Å². The topological polar surface area (TPSA) is 81.1 Å². The second kappa shape index (κ2) is 4.30. The van der Waals surface area contributed by atoms with Gasteiger partial charge >= 0.3 is 12.1 Å². The third-order valence-corrected chi connectivity index (χ3v) is 2.39. The Bertz CT molecular complexity index is 634. The lowest BCUT2D eigenvalue weighted by atomic mass is 10.1. The maximum Gasteiger partial charge on any atom is 0.418 e. The lowest BCUT2D eigenvalue weighted by Crippen LogP contribution is -2.13. The standard InChI is InChI=1S/C11H8F3N3O2/c12-11(13,14)6-3-1-2-4-8(6)17-9(15)5-7(16-17)10(18)19/h1-5H,15H2,(H,18,19). The van der Waals surface area contributed by atoms with Crippen LogP contribution in [0.4, 0.5) is 19.0 Å². The highest BCUT2D eigenvalue weighted by molar-refractivity contribution is 5.86. The number of halogens is 3. The van der Waals surface area contributed by atoms with Crippen LogP contribution in [0.25, 0.3) is 5.69 Å². The van der Waals surface area contributed by atoms with Crippen LogP contribution in [0.2, 0.25) is 0 Å². The molecule has 2 aromatic rings. The zero-order chi connectivity index (χ0) is 14.2. The fourth-order valence-corrected chi connectivity index (χ4v) is 1.59. The summed E-state index contributed by atoms with van der Waals surface area (Å²) in [5.74, 6) is -1.55. The summed E-state index contributed by atoms with van der Waals surface area (Å²) in [4.78, 5) is 10.7. The van der Waals surface area contributed by atoms with Crippen molar-refractivity contribution in [3.63, 3.8) is 0 Å². The third kappa shape index (κ3) is 2.37. The molecule has 0 atom stereocenters. The number of aromatic nitrogens is 2. The van der Waals surface area contributed by atoms with Crippen LogP contribution in [0, 0.1) is 0 Å². The molecular formula is C11H8F3N3O2. The van der Waals surface area contributed by atoms with E-state index in [4.69, 9.17) is 10.8 Å². The summed E-state index contributed by atoms with van der Waals surface area (Å²) in [6.45, 7) is 0. The average Bonchev–Trinajstić information content (AvgIpc) is 2.70. The molecule has 0 saturated carbocycles. The van der Waals surface area contributed by atoms with E-state index in [1.165, 1.54) is 12.1 Å². The molecule has 0 saturated heterocycles. The summed E-state index contributed by atoms with van der Waals surface area (Å²) >= 11 is 0. The molecule has 3 N–H and O–H groups in total. The molecule has 1 heterocycles. The van der Waals surface area contributed by atoms with Gasteiger partial charge in [0, 0.05) is 6.07 Å². The van der Waals surface area contributed by atoms with Crippen molar-refractivity contribution in [3.05, 3.63) is 41.6 Å². The number of carboxylic acids is 1. The first-order valence-corrected chi connectivity index (χ1v) is 5.06. The van der Waals surface area contributed by atoms with Gasteiger partial charge in [0.05, 0.1) is 11.3 Å². The molecule has 0 aliphatic rings. The van der Waals surface area contributed by atoms with Gasteiger partial charge in [-0.2, -0.15) is 18.3 Å². The molecule has 0 unspecified atom stereocenters. The van der Waals surface area contributed by atoms with Crippen molar-refractivity contribution >= 4 is 11.8 Å². The lowest BCUT2D eigenvalue weighted by Gasteiger charge is -2.13. The van der Waals surface area contributed by atoms with Crippen molar-refractivity contribution in [2.24, 2.45) is 0 Å². The highest BCUT2D eigenvalue weighted by Gasteiger charge is 2.34. The monoisotopic (exact) mass is 271 g/mol. The third-order valence-electron chi connectivity index (χ3n) is 2.39. The molecule has 0 bridgehead atoms. The SMILES string of the molecule is Nc1cc(C(=O)O)nn1-c1ccccc1C(F)(F)F. The number of nitrogen functional groups attached to an aromatic ring is 1. The van der Waals surface area contributed by atoms with Gasteiger partial charge in [0.25, 0.3) is 0 Å². The largest absolute Gasteiger partial charge is 0.476 e. The van der Waals surface area contributed by atoms with E-state index in [1.807, 2.05) is 0 Å². The Hall–Kier alpha value is -2.51. The van der Waals surface area contributed by atoms with Crippen LogP contribution in [0.1, 0.15) is 16.1 Å². The minimum absolute atomic E-state index is 0.186. The summed E-state index contributed by atoms with van der Waals surface area (Å²) in [7, 11) is 0. The number of hydrogen-bond acceptors (Lipinski definition) is 3. The van der Waals surface area contributed by atoms with Crippen LogP contribution < -0.4 is 5.73 Å². The zero-order valence-electron chi connectivity index (χ0n) is 9.35. The Balaban J connectivity index is 2.63. The van der Waals surface area contributed by atoms with Gasteiger partial charge in [0.2, 0.25) is 0 Å². The number of para-hydroxylation sites is 1. The molecule has 1 aromatic heterocycles. The number of alkyl halides is 3. The van der Waals surface area contributed by atoms with E-state index < -0.39 is 23.4 Å². The molecule has 8 heteroatoms. The van der Waals surface area contributed by atoms with Gasteiger partial charge in [0.1, 0.15) is 5.82 Å². The second-order valence-corrected chi connectivity index (χ2v) is 3.69. The zero-order valence-corrected chi connectivity index (χ0v) is 9.35. The normalized spacial score (nSPS) is 11.5. The van der Waals surface area contributed by atoms with Crippen LogP contribution in [0.3, 0.4) is 0 Å². The molecule has 0 amide bonds.